The van der Waals surface area contributed by atoms with Gasteiger partial charge in [-0.15, -0.1) is 0 Å². The minimum Gasteiger partial charge on any atom is -0.493 e. The van der Waals surface area contributed by atoms with E-state index in [4.69, 9.17) is 44.5 Å². The van der Waals surface area contributed by atoms with Crippen LogP contribution in [0.15, 0.2) is 71.7 Å². The van der Waals surface area contributed by atoms with Gasteiger partial charge in [0.2, 0.25) is 0 Å². The molecule has 0 fully saturated rings. The first kappa shape index (κ1) is 26.5. The average molecular weight is 544 g/mol. The van der Waals surface area contributed by atoms with E-state index in [0.717, 1.165) is 16.7 Å². The summed E-state index contributed by atoms with van der Waals surface area (Å²) in [6.07, 6.45) is 0. The lowest BCUT2D eigenvalue weighted by atomic mass is 9.82. The predicted octanol–water partition coefficient (Wildman–Crippen LogP) is 8.77. The molecule has 0 bridgehead atoms. The predicted molar refractivity (Wildman–Crippen MR) is 149 cm³/mol. The molecule has 1 aliphatic heterocycles. The van der Waals surface area contributed by atoms with E-state index >= 15 is 0 Å². The number of carbonyl (C=O) groups is 1. The quantitative estimate of drug-likeness (QED) is 0.238. The highest BCUT2D eigenvalue weighted by Crippen LogP contribution is 2.50. The lowest BCUT2D eigenvalue weighted by Gasteiger charge is -2.34. The molecule has 188 valence electrons. The zero-order chi connectivity index (χ0) is 26.3. The smallest absolute Gasteiger partial charge is 0.322 e. The third-order valence-corrected chi connectivity index (χ3v) is 7.24. The molecule has 0 spiro atoms. The van der Waals surface area contributed by atoms with Crippen LogP contribution in [-0.2, 0) is 11.0 Å². The molecule has 0 aliphatic carbocycles. The first-order valence-electron chi connectivity index (χ1n) is 11.8. The Morgan fingerprint density at radius 2 is 1.58 bits per heavy atom. The van der Waals surface area contributed by atoms with Crippen LogP contribution in [0.1, 0.15) is 62.9 Å². The van der Waals surface area contributed by atoms with Gasteiger partial charge in [0.05, 0.1) is 18.2 Å². The number of hydrogen-bond donors (Lipinski definition) is 0. The number of carbonyl (C=O) groups excluding carboxylic acids is 1. The van der Waals surface area contributed by atoms with E-state index in [1.54, 1.807) is 17.0 Å². The Bertz CT molecular complexity index is 1300. The number of rotatable bonds is 5. The second-order valence-corrected chi connectivity index (χ2v) is 11.3. The van der Waals surface area contributed by atoms with Crippen molar-refractivity contribution in [3.63, 3.8) is 0 Å². The maximum atomic E-state index is 13.1. The molecule has 0 aromatic heterocycles. The molecule has 3 aromatic carbocycles. The van der Waals surface area contributed by atoms with E-state index in [2.05, 4.69) is 20.8 Å². The average Bonchev–Trinajstić information content (AvgIpc) is 3.14. The molecule has 3 aromatic rings. The zero-order valence-corrected chi connectivity index (χ0v) is 23.2. The number of halogens is 3. The summed E-state index contributed by atoms with van der Waals surface area (Å²) in [5, 5.41) is 0.592. The van der Waals surface area contributed by atoms with Gasteiger partial charge in [-0.25, -0.2) is 0 Å². The lowest BCUT2D eigenvalue weighted by Crippen LogP contribution is -2.39. The lowest BCUT2D eigenvalue weighted by molar-refractivity contribution is 0.218. The number of ether oxygens (including phenoxy) is 1. The largest absolute Gasteiger partial charge is 0.493 e. The molecule has 36 heavy (non-hydrogen) atoms. The van der Waals surface area contributed by atoms with Crippen molar-refractivity contribution < 1.29 is 9.53 Å². The number of amidine groups is 1. The second kappa shape index (κ2) is 10.1. The highest BCUT2D eigenvalue weighted by atomic mass is 35.5. The summed E-state index contributed by atoms with van der Waals surface area (Å²) >= 11 is 18.7. The highest BCUT2D eigenvalue weighted by molar-refractivity contribution is 6.64. The van der Waals surface area contributed by atoms with E-state index in [1.165, 1.54) is 0 Å². The monoisotopic (exact) mass is 542 g/mol. The fourth-order valence-corrected chi connectivity index (χ4v) is 5.09. The molecule has 4 nitrogen and oxygen atoms in total. The van der Waals surface area contributed by atoms with E-state index in [1.807, 2.05) is 68.4 Å². The normalized spacial score (nSPS) is 19.8. The van der Waals surface area contributed by atoms with Crippen LogP contribution in [0, 0.1) is 0 Å². The van der Waals surface area contributed by atoms with E-state index in [9.17, 15) is 4.79 Å². The Labute approximate surface area is 227 Å². The van der Waals surface area contributed by atoms with Crippen LogP contribution in [0.2, 0.25) is 10.0 Å². The van der Waals surface area contributed by atoms with Gasteiger partial charge < -0.3 is 4.74 Å². The molecule has 7 heteroatoms. The van der Waals surface area contributed by atoms with Crippen LogP contribution in [0.4, 0.5) is 4.79 Å². The maximum Gasteiger partial charge on any atom is 0.322 e. The molecule has 0 saturated carbocycles. The molecular formula is C29H29Cl3N2O2. The van der Waals surface area contributed by atoms with Gasteiger partial charge in [0.1, 0.15) is 17.1 Å². The molecule has 0 radical (unpaired) electrons. The van der Waals surface area contributed by atoms with Gasteiger partial charge in [-0.2, -0.15) is 0 Å². The minimum absolute atomic E-state index is 0.0759. The zero-order valence-electron chi connectivity index (χ0n) is 21.0. The summed E-state index contributed by atoms with van der Waals surface area (Å²) in [5.41, 5.74) is 2.64. The number of aliphatic imine (C=N–C) groups is 1. The van der Waals surface area contributed by atoms with Crippen molar-refractivity contribution in [1.82, 2.24) is 4.90 Å². The third kappa shape index (κ3) is 5.00. The first-order valence-corrected chi connectivity index (χ1v) is 13.0. The van der Waals surface area contributed by atoms with Gasteiger partial charge in [0, 0.05) is 10.0 Å². The van der Waals surface area contributed by atoms with Crippen molar-refractivity contribution in [2.45, 2.75) is 51.6 Å². The van der Waals surface area contributed by atoms with Crippen LogP contribution in [0.25, 0.3) is 0 Å². The van der Waals surface area contributed by atoms with Crippen LogP contribution in [0.5, 0.6) is 5.75 Å². The Morgan fingerprint density at radius 1 is 1.00 bits per heavy atom. The van der Waals surface area contributed by atoms with Crippen LogP contribution < -0.4 is 4.74 Å². The second-order valence-electron chi connectivity index (χ2n) is 10.1. The summed E-state index contributed by atoms with van der Waals surface area (Å²) in [4.78, 5) is 19.8. The highest BCUT2D eigenvalue weighted by Gasteiger charge is 2.50. The van der Waals surface area contributed by atoms with E-state index in [0.29, 0.717) is 33.8 Å². The van der Waals surface area contributed by atoms with Crippen molar-refractivity contribution in [3.05, 3.63) is 99.0 Å². The minimum atomic E-state index is -0.857. The first-order chi connectivity index (χ1) is 17.0. The molecule has 0 saturated heterocycles. The number of nitrogens with zero attached hydrogens (tertiary/aromatic N) is 2. The van der Waals surface area contributed by atoms with E-state index in [-0.39, 0.29) is 5.41 Å². The van der Waals surface area contributed by atoms with Gasteiger partial charge >= 0.3 is 5.37 Å². The Hall–Kier alpha value is -2.53. The number of benzene rings is 3. The van der Waals surface area contributed by atoms with Gasteiger partial charge in [-0.05, 0) is 84.0 Å². The SMILES string of the molecule is CCOc1cc(C(C)(C)C)ccc1C1=N[C@@](C)(c2ccc(Cl)cc2)[C@H](c2ccc(Cl)cc2)N1C(=O)Cl. The van der Waals surface area contributed by atoms with Crippen molar-refractivity contribution in [2.24, 2.45) is 4.99 Å². The molecular weight excluding hydrogens is 515 g/mol. The fraction of sp³-hybridized carbons (Fsp3) is 0.310. The van der Waals surface area contributed by atoms with Crippen molar-refractivity contribution in [1.29, 1.82) is 0 Å². The molecule has 0 N–H and O–H groups in total. The van der Waals surface area contributed by atoms with Crippen molar-refractivity contribution in [2.75, 3.05) is 6.61 Å². The molecule has 4 rings (SSSR count). The Balaban J connectivity index is 1.97. The Morgan fingerprint density at radius 3 is 2.11 bits per heavy atom. The molecule has 0 unspecified atom stereocenters. The molecule has 1 heterocycles. The summed E-state index contributed by atoms with van der Waals surface area (Å²) < 4.78 is 6.06. The van der Waals surface area contributed by atoms with Gasteiger partial charge in [0.15, 0.2) is 0 Å². The summed E-state index contributed by atoms with van der Waals surface area (Å²) in [7, 11) is 0. The number of hydrogen-bond acceptors (Lipinski definition) is 3. The summed E-state index contributed by atoms with van der Waals surface area (Å²) in [5.74, 6) is 1.11. The molecule has 2 atom stereocenters. The van der Waals surface area contributed by atoms with Gasteiger partial charge in [-0.3, -0.25) is 14.7 Å². The van der Waals surface area contributed by atoms with Gasteiger partial charge in [0.25, 0.3) is 0 Å². The van der Waals surface area contributed by atoms with Crippen LogP contribution in [-0.4, -0.2) is 22.7 Å². The van der Waals surface area contributed by atoms with E-state index < -0.39 is 16.9 Å². The van der Waals surface area contributed by atoms with Crippen molar-refractivity contribution >= 4 is 46.0 Å². The molecule has 1 amide bonds. The standard InChI is InChI=1S/C29H29Cl3N2O2/c1-6-36-24-17-20(28(2,3)4)11-16-23(24)26-33-29(5,19-9-14-22(31)15-10-19)25(34(26)27(32)35)18-7-12-21(30)13-8-18/h7-17,25H,6H2,1-5H3/t25-,29-/m0/s1. The third-order valence-electron chi connectivity index (χ3n) is 6.55. The fourth-order valence-electron chi connectivity index (χ4n) is 4.66. The maximum absolute atomic E-state index is 13.1. The Kier molecular flexibility index (Phi) is 7.43. The topological polar surface area (TPSA) is 41.9 Å². The summed E-state index contributed by atoms with van der Waals surface area (Å²) in [6, 6.07) is 20.4. The van der Waals surface area contributed by atoms with Gasteiger partial charge in [-0.1, -0.05) is 74.3 Å². The van der Waals surface area contributed by atoms with Crippen LogP contribution in [0.3, 0.4) is 0 Å². The summed E-state index contributed by atoms with van der Waals surface area (Å²) in [6.45, 7) is 10.8. The van der Waals surface area contributed by atoms with Crippen LogP contribution >= 0.6 is 34.8 Å². The van der Waals surface area contributed by atoms with Crippen molar-refractivity contribution in [3.8, 4) is 5.75 Å². The molecule has 1 aliphatic rings. The number of amides is 1.